The second kappa shape index (κ2) is 9.88. The predicted octanol–water partition coefficient (Wildman–Crippen LogP) is 2.34. The van der Waals surface area contributed by atoms with E-state index in [1.165, 1.54) is 18.2 Å². The van der Waals surface area contributed by atoms with Crippen molar-refractivity contribution in [1.82, 2.24) is 19.8 Å². The number of benzene rings is 1. The molecule has 2 amide bonds. The van der Waals surface area contributed by atoms with Gasteiger partial charge in [-0.15, -0.1) is 0 Å². The van der Waals surface area contributed by atoms with Crippen molar-refractivity contribution >= 4 is 29.0 Å². The Morgan fingerprint density at radius 1 is 1.16 bits per heavy atom. The van der Waals surface area contributed by atoms with Gasteiger partial charge in [-0.3, -0.25) is 9.59 Å². The van der Waals surface area contributed by atoms with Gasteiger partial charge in [0.05, 0.1) is 17.6 Å². The molecule has 9 nitrogen and oxygen atoms in total. The number of para-hydroxylation sites is 2. The number of nitrogens with zero attached hydrogens (tertiary/aromatic N) is 3. The predicted molar refractivity (Wildman–Crippen MR) is 105 cm³/mol. The van der Waals surface area contributed by atoms with Crippen LogP contribution in [0, 0.1) is 0 Å². The van der Waals surface area contributed by atoms with Crippen molar-refractivity contribution in [1.29, 1.82) is 0 Å². The summed E-state index contributed by atoms with van der Waals surface area (Å²) >= 11 is 0. The van der Waals surface area contributed by atoms with Crippen LogP contribution < -0.4 is 5.32 Å². The summed E-state index contributed by atoms with van der Waals surface area (Å²) in [6.07, 6.45) is -4.14. The quantitative estimate of drug-likeness (QED) is 0.670. The number of imidazole rings is 1. The number of carbonyl (C=O) groups is 3. The molecule has 1 N–H and O–H groups in total. The molecule has 174 valence electrons. The number of halogens is 3. The monoisotopic (exact) mass is 456 g/mol. The molecule has 12 heteroatoms. The van der Waals surface area contributed by atoms with E-state index < -0.39 is 43.1 Å². The van der Waals surface area contributed by atoms with Crippen LogP contribution in [0.2, 0.25) is 0 Å². The third kappa shape index (κ3) is 5.68. The zero-order valence-corrected chi connectivity index (χ0v) is 17.4. The molecule has 0 atom stereocenters. The molecule has 32 heavy (non-hydrogen) atoms. The van der Waals surface area contributed by atoms with Gasteiger partial charge in [-0.2, -0.15) is 13.2 Å². The molecule has 1 aromatic carbocycles. The van der Waals surface area contributed by atoms with E-state index in [1.807, 2.05) is 0 Å². The lowest BCUT2D eigenvalue weighted by molar-refractivity contribution is -0.153. The zero-order valence-electron chi connectivity index (χ0n) is 17.4. The van der Waals surface area contributed by atoms with Crippen LogP contribution >= 0.6 is 0 Å². The fourth-order valence-electron chi connectivity index (χ4n) is 3.46. The number of hydrogen-bond acceptors (Lipinski definition) is 6. The molecule has 0 unspecified atom stereocenters. The molecule has 1 aliphatic rings. The number of alkyl halides is 3. The van der Waals surface area contributed by atoms with Gasteiger partial charge in [0.2, 0.25) is 5.82 Å². The molecule has 0 aliphatic carbocycles. The van der Waals surface area contributed by atoms with Crippen LogP contribution in [-0.2, 0) is 31.8 Å². The van der Waals surface area contributed by atoms with Gasteiger partial charge in [0.1, 0.15) is 6.54 Å². The fraction of sp³-hybridized carbons (Fsp3) is 0.500. The van der Waals surface area contributed by atoms with Gasteiger partial charge in [-0.1, -0.05) is 12.1 Å². The summed E-state index contributed by atoms with van der Waals surface area (Å²) in [7, 11) is 0. The molecule has 0 saturated carbocycles. The maximum Gasteiger partial charge on any atom is 0.449 e. The number of rotatable bonds is 6. The molecular weight excluding hydrogens is 433 g/mol. The number of likely N-dealkylation sites (tertiary alicyclic amines) is 1. The van der Waals surface area contributed by atoms with Crippen LogP contribution in [0.25, 0.3) is 11.0 Å². The minimum atomic E-state index is -4.75. The van der Waals surface area contributed by atoms with Crippen molar-refractivity contribution in [3.63, 3.8) is 0 Å². The number of aromatic nitrogens is 2. The van der Waals surface area contributed by atoms with E-state index in [9.17, 15) is 27.6 Å². The average Bonchev–Trinajstić information content (AvgIpc) is 3.12. The first-order valence-electron chi connectivity index (χ1n) is 10.1. The van der Waals surface area contributed by atoms with Crippen molar-refractivity contribution in [3.8, 4) is 0 Å². The van der Waals surface area contributed by atoms with Gasteiger partial charge in [0.25, 0.3) is 5.91 Å². The first-order chi connectivity index (χ1) is 15.2. The summed E-state index contributed by atoms with van der Waals surface area (Å²) in [6.45, 7) is 1.46. The molecule has 0 spiro atoms. The number of piperidine rings is 1. The Morgan fingerprint density at radius 3 is 2.50 bits per heavy atom. The Bertz CT molecular complexity index is 983. The topological polar surface area (TPSA) is 103 Å². The lowest BCUT2D eigenvalue weighted by Crippen LogP contribution is -2.47. The standard InChI is InChI=1S/C20H23F3N4O5/c1-2-31-19(30)26-9-7-13(8-10-26)24-16(28)12-32-17(29)11-27-15-6-4-3-5-14(15)25-18(27)20(21,22)23/h3-6,13H,2,7-12H2,1H3,(H,24,28). The summed E-state index contributed by atoms with van der Waals surface area (Å²) in [5.74, 6) is -2.78. The maximum absolute atomic E-state index is 13.3. The van der Waals surface area contributed by atoms with Crippen molar-refractivity contribution < 1.29 is 37.0 Å². The van der Waals surface area contributed by atoms with Crippen LogP contribution in [0.1, 0.15) is 25.6 Å². The van der Waals surface area contributed by atoms with E-state index in [2.05, 4.69) is 10.3 Å². The van der Waals surface area contributed by atoms with Crippen LogP contribution in [0.15, 0.2) is 24.3 Å². The lowest BCUT2D eigenvalue weighted by Gasteiger charge is -2.31. The summed E-state index contributed by atoms with van der Waals surface area (Å²) in [4.78, 5) is 41.0. The largest absolute Gasteiger partial charge is 0.454 e. The minimum Gasteiger partial charge on any atom is -0.454 e. The minimum absolute atomic E-state index is 0.0968. The lowest BCUT2D eigenvalue weighted by atomic mass is 10.1. The van der Waals surface area contributed by atoms with Gasteiger partial charge in [0.15, 0.2) is 6.61 Å². The Balaban J connectivity index is 1.51. The number of ether oxygens (including phenoxy) is 2. The van der Waals surface area contributed by atoms with E-state index in [0.717, 1.165) is 4.57 Å². The first-order valence-corrected chi connectivity index (χ1v) is 10.1. The van der Waals surface area contributed by atoms with Gasteiger partial charge in [-0.05, 0) is 31.9 Å². The normalized spacial score (nSPS) is 14.9. The third-order valence-corrected chi connectivity index (χ3v) is 4.95. The van der Waals surface area contributed by atoms with E-state index in [0.29, 0.717) is 25.9 Å². The molecule has 3 rings (SSSR count). The number of carbonyl (C=O) groups excluding carboxylic acids is 3. The molecule has 2 heterocycles. The number of fused-ring (bicyclic) bond motifs is 1. The smallest absolute Gasteiger partial charge is 0.449 e. The van der Waals surface area contributed by atoms with Crippen molar-refractivity contribution in [3.05, 3.63) is 30.1 Å². The maximum atomic E-state index is 13.3. The molecule has 1 aliphatic heterocycles. The molecule has 0 radical (unpaired) electrons. The highest BCUT2D eigenvalue weighted by Gasteiger charge is 2.38. The van der Waals surface area contributed by atoms with Crippen LogP contribution in [0.4, 0.5) is 18.0 Å². The second-order valence-corrected chi connectivity index (χ2v) is 7.20. The Labute approximate surface area is 181 Å². The number of esters is 1. The highest BCUT2D eigenvalue weighted by molar-refractivity contribution is 5.82. The van der Waals surface area contributed by atoms with Gasteiger partial charge < -0.3 is 24.3 Å². The summed E-state index contributed by atoms with van der Waals surface area (Å²) in [5, 5.41) is 2.70. The average molecular weight is 456 g/mol. The number of nitrogens with one attached hydrogen (secondary N) is 1. The highest BCUT2D eigenvalue weighted by atomic mass is 19.4. The molecule has 1 aromatic heterocycles. The van der Waals surface area contributed by atoms with Gasteiger partial charge in [0, 0.05) is 19.1 Å². The van der Waals surface area contributed by atoms with Gasteiger partial charge >= 0.3 is 18.2 Å². The summed E-state index contributed by atoms with van der Waals surface area (Å²) in [5.41, 5.74) is 0.231. The second-order valence-electron chi connectivity index (χ2n) is 7.20. The van der Waals surface area contributed by atoms with E-state index in [1.54, 1.807) is 17.9 Å². The van der Waals surface area contributed by atoms with Crippen molar-refractivity contribution in [2.45, 2.75) is 38.5 Å². The van der Waals surface area contributed by atoms with E-state index >= 15 is 0 Å². The molecule has 1 fully saturated rings. The first kappa shape index (κ1) is 23.4. The van der Waals surface area contributed by atoms with Crippen LogP contribution in [0.5, 0.6) is 0 Å². The Morgan fingerprint density at radius 2 is 1.84 bits per heavy atom. The van der Waals surface area contributed by atoms with Crippen molar-refractivity contribution in [2.75, 3.05) is 26.3 Å². The molecule has 2 aromatic rings. The Hall–Kier alpha value is -3.31. The van der Waals surface area contributed by atoms with Crippen LogP contribution in [-0.4, -0.2) is 64.8 Å². The Kier molecular flexibility index (Phi) is 7.21. The van der Waals surface area contributed by atoms with E-state index in [-0.39, 0.29) is 23.7 Å². The third-order valence-electron chi connectivity index (χ3n) is 4.95. The summed E-state index contributed by atoms with van der Waals surface area (Å²) in [6, 6.07) is 5.70. The molecular formula is C20H23F3N4O5. The SMILES string of the molecule is CCOC(=O)N1CCC(NC(=O)COC(=O)Cn2c(C(F)(F)F)nc3ccccc32)CC1. The number of hydrogen-bond donors (Lipinski definition) is 1. The van der Waals surface area contributed by atoms with Crippen molar-refractivity contribution in [2.24, 2.45) is 0 Å². The molecule has 1 saturated heterocycles. The van der Waals surface area contributed by atoms with E-state index in [4.69, 9.17) is 9.47 Å². The zero-order chi connectivity index (χ0) is 23.3. The highest BCUT2D eigenvalue weighted by Crippen LogP contribution is 2.31. The molecule has 0 bridgehead atoms. The van der Waals surface area contributed by atoms with Crippen LogP contribution in [0.3, 0.4) is 0 Å². The van der Waals surface area contributed by atoms with Gasteiger partial charge in [-0.25, -0.2) is 9.78 Å². The summed E-state index contributed by atoms with van der Waals surface area (Å²) < 4.78 is 50.4. The number of amides is 2. The fourth-order valence-corrected chi connectivity index (χ4v) is 3.46.